The summed E-state index contributed by atoms with van der Waals surface area (Å²) in [5.74, 6) is -1.37. The molecule has 5 rings (SSSR count). The summed E-state index contributed by atoms with van der Waals surface area (Å²) in [5.41, 5.74) is 2.25. The Bertz CT molecular complexity index is 1470. The molecule has 204 valence electrons. The normalized spacial score (nSPS) is 20.4. The predicted molar refractivity (Wildman–Crippen MR) is 141 cm³/mol. The second kappa shape index (κ2) is 10.5. The lowest BCUT2D eigenvalue weighted by Gasteiger charge is -2.37. The molecule has 3 atom stereocenters. The summed E-state index contributed by atoms with van der Waals surface area (Å²) < 4.78 is 0. The smallest absolute Gasteiger partial charge is 0.407 e. The minimum Gasteiger partial charge on any atom is -0.465 e. The number of halogens is 1. The van der Waals surface area contributed by atoms with E-state index in [1.165, 1.54) is 16.0 Å². The van der Waals surface area contributed by atoms with E-state index in [0.717, 1.165) is 10.9 Å². The molecule has 0 unspecified atom stereocenters. The van der Waals surface area contributed by atoms with Crippen molar-refractivity contribution in [3.8, 4) is 0 Å². The number of H-pyrrole nitrogens is 1. The molecule has 1 aliphatic heterocycles. The summed E-state index contributed by atoms with van der Waals surface area (Å²) in [6.07, 6.45) is 1.74. The SMILES string of the molecule is CN(C)C(=O)[C@H]1CC[C@H](NC(=O)c2cc3cc(Cl)ccc3[nH]2)[C@H](NC(=O)c2ncc3c(n2)CN(C(=O)O)C3)C1. The molecule has 3 aromatic rings. The maximum absolute atomic E-state index is 13.2. The summed E-state index contributed by atoms with van der Waals surface area (Å²) in [4.78, 5) is 64.6. The first-order chi connectivity index (χ1) is 18.6. The Morgan fingerprint density at radius 1 is 1.08 bits per heavy atom. The Hall–Kier alpha value is -4.19. The number of carboxylic acid groups (broad SMARTS) is 1. The first-order valence-corrected chi connectivity index (χ1v) is 12.9. The predicted octanol–water partition coefficient (Wildman–Crippen LogP) is 2.39. The molecule has 4 amide bonds. The highest BCUT2D eigenvalue weighted by atomic mass is 35.5. The fourth-order valence-electron chi connectivity index (χ4n) is 5.20. The van der Waals surface area contributed by atoms with Gasteiger partial charge in [0.2, 0.25) is 11.7 Å². The Labute approximate surface area is 228 Å². The molecule has 1 saturated carbocycles. The van der Waals surface area contributed by atoms with E-state index in [2.05, 4.69) is 25.6 Å². The van der Waals surface area contributed by atoms with Crippen molar-refractivity contribution in [2.45, 2.75) is 44.4 Å². The number of benzene rings is 1. The number of fused-ring (bicyclic) bond motifs is 2. The van der Waals surface area contributed by atoms with Crippen LogP contribution in [-0.2, 0) is 17.9 Å². The van der Waals surface area contributed by atoms with E-state index in [1.807, 2.05) is 0 Å². The Kier molecular flexibility index (Phi) is 7.13. The topological polar surface area (TPSA) is 161 Å². The highest BCUT2D eigenvalue weighted by Crippen LogP contribution is 2.28. The molecule has 1 fully saturated rings. The van der Waals surface area contributed by atoms with Crippen LogP contribution in [0.2, 0.25) is 5.02 Å². The first-order valence-electron chi connectivity index (χ1n) is 12.5. The minimum absolute atomic E-state index is 0.0472. The molecule has 4 N–H and O–H groups in total. The number of hydrogen-bond acceptors (Lipinski definition) is 6. The van der Waals surface area contributed by atoms with E-state index in [4.69, 9.17) is 11.6 Å². The first kappa shape index (κ1) is 26.4. The molecule has 1 aliphatic carbocycles. The second-order valence-corrected chi connectivity index (χ2v) is 10.6. The van der Waals surface area contributed by atoms with Crippen LogP contribution in [0.15, 0.2) is 30.5 Å². The van der Waals surface area contributed by atoms with E-state index < -0.39 is 24.1 Å². The van der Waals surface area contributed by atoms with Crippen LogP contribution in [0.25, 0.3) is 10.9 Å². The van der Waals surface area contributed by atoms with Crippen LogP contribution in [0.1, 0.15) is 51.6 Å². The van der Waals surface area contributed by atoms with Gasteiger partial charge in [0.15, 0.2) is 0 Å². The molecule has 0 bridgehead atoms. The van der Waals surface area contributed by atoms with Crippen LogP contribution in [0, 0.1) is 5.92 Å². The number of nitrogens with one attached hydrogen (secondary N) is 3. The van der Waals surface area contributed by atoms with Gasteiger partial charge in [-0.15, -0.1) is 0 Å². The largest absolute Gasteiger partial charge is 0.465 e. The van der Waals surface area contributed by atoms with Gasteiger partial charge in [0.05, 0.1) is 24.8 Å². The van der Waals surface area contributed by atoms with Crippen LogP contribution < -0.4 is 10.6 Å². The maximum atomic E-state index is 13.2. The van der Waals surface area contributed by atoms with E-state index in [9.17, 15) is 24.3 Å². The number of nitrogens with zero attached hydrogens (tertiary/aromatic N) is 4. The monoisotopic (exact) mass is 553 g/mol. The maximum Gasteiger partial charge on any atom is 0.407 e. The quantitative estimate of drug-likeness (QED) is 0.377. The standard InChI is InChI=1S/C26H28ClN7O5/c1-33(2)25(37)13-3-5-18(31-23(35)20-9-14-7-16(27)4-6-17(14)29-20)19(8-13)32-24(36)22-28-10-15-11-34(26(38)39)12-21(15)30-22/h4,6-7,9-10,13,18-19,29H,3,5,8,11-12H2,1-2H3,(H,31,35)(H,32,36)(H,38,39)/t13-,18-,19+/m0/s1. The lowest BCUT2D eigenvalue weighted by molar-refractivity contribution is -0.134. The summed E-state index contributed by atoms with van der Waals surface area (Å²) in [7, 11) is 3.37. The Balaban J connectivity index is 1.34. The van der Waals surface area contributed by atoms with Gasteiger partial charge in [-0.1, -0.05) is 11.6 Å². The Morgan fingerprint density at radius 3 is 2.59 bits per heavy atom. The summed E-state index contributed by atoms with van der Waals surface area (Å²) in [5, 5.41) is 16.5. The van der Waals surface area contributed by atoms with Gasteiger partial charge in [-0.2, -0.15) is 0 Å². The molecule has 1 aromatic carbocycles. The Morgan fingerprint density at radius 2 is 1.85 bits per heavy atom. The zero-order valence-corrected chi connectivity index (χ0v) is 22.2. The minimum atomic E-state index is -1.07. The highest BCUT2D eigenvalue weighted by Gasteiger charge is 2.37. The highest BCUT2D eigenvalue weighted by molar-refractivity contribution is 6.31. The summed E-state index contributed by atoms with van der Waals surface area (Å²) >= 11 is 6.07. The van der Waals surface area contributed by atoms with E-state index in [1.54, 1.807) is 38.4 Å². The molecule has 12 nitrogen and oxygen atoms in total. The number of aromatic nitrogens is 3. The molecule has 3 heterocycles. The molecule has 2 aliphatic rings. The second-order valence-electron chi connectivity index (χ2n) is 10.1. The molecule has 0 saturated heterocycles. The van der Waals surface area contributed by atoms with Crippen molar-refractivity contribution >= 4 is 46.3 Å². The van der Waals surface area contributed by atoms with Crippen molar-refractivity contribution in [1.29, 1.82) is 0 Å². The van der Waals surface area contributed by atoms with Crippen molar-refractivity contribution in [2.75, 3.05) is 14.1 Å². The third kappa shape index (κ3) is 5.51. The number of amides is 4. The summed E-state index contributed by atoms with van der Waals surface area (Å²) in [6, 6.07) is 6.00. The van der Waals surface area contributed by atoms with Crippen molar-refractivity contribution in [3.63, 3.8) is 0 Å². The number of aromatic amines is 1. The van der Waals surface area contributed by atoms with Crippen LogP contribution >= 0.6 is 11.6 Å². The van der Waals surface area contributed by atoms with Gasteiger partial charge in [-0.25, -0.2) is 14.8 Å². The molecule has 13 heteroatoms. The van der Waals surface area contributed by atoms with Crippen molar-refractivity contribution in [3.05, 3.63) is 58.3 Å². The van der Waals surface area contributed by atoms with Gasteiger partial charge in [0, 0.05) is 53.7 Å². The molecular weight excluding hydrogens is 526 g/mol. The average molecular weight is 554 g/mol. The zero-order chi connectivity index (χ0) is 27.8. The summed E-state index contributed by atoms with van der Waals surface area (Å²) in [6.45, 7) is 0.238. The number of rotatable bonds is 5. The molecule has 0 spiro atoms. The van der Waals surface area contributed by atoms with Crippen LogP contribution in [-0.4, -0.2) is 79.9 Å². The van der Waals surface area contributed by atoms with E-state index in [-0.39, 0.29) is 36.6 Å². The number of carbonyl (C=O) groups is 4. The fourth-order valence-corrected chi connectivity index (χ4v) is 5.38. The van der Waals surface area contributed by atoms with Crippen LogP contribution in [0.3, 0.4) is 0 Å². The van der Waals surface area contributed by atoms with Crippen LogP contribution in [0.4, 0.5) is 4.79 Å². The van der Waals surface area contributed by atoms with Crippen LogP contribution in [0.5, 0.6) is 0 Å². The fraction of sp³-hybridized carbons (Fsp3) is 0.385. The third-order valence-corrected chi connectivity index (χ3v) is 7.47. The van der Waals surface area contributed by atoms with Crippen molar-refractivity contribution in [2.24, 2.45) is 5.92 Å². The van der Waals surface area contributed by atoms with Gasteiger partial charge in [0.1, 0.15) is 5.69 Å². The molecule has 0 radical (unpaired) electrons. The van der Waals surface area contributed by atoms with Crippen molar-refractivity contribution < 1.29 is 24.3 Å². The van der Waals surface area contributed by atoms with Gasteiger partial charge < -0.3 is 25.6 Å². The average Bonchev–Trinajstić information content (AvgIpc) is 3.52. The number of carbonyl (C=O) groups excluding carboxylic acids is 3. The van der Waals surface area contributed by atoms with Gasteiger partial charge >= 0.3 is 6.09 Å². The number of hydrogen-bond donors (Lipinski definition) is 4. The van der Waals surface area contributed by atoms with Crippen molar-refractivity contribution in [1.82, 2.24) is 35.4 Å². The van der Waals surface area contributed by atoms with E-state index in [0.29, 0.717) is 41.2 Å². The van der Waals surface area contributed by atoms with Gasteiger partial charge in [0.25, 0.3) is 11.8 Å². The third-order valence-electron chi connectivity index (χ3n) is 7.23. The lowest BCUT2D eigenvalue weighted by Crippen LogP contribution is -2.56. The zero-order valence-electron chi connectivity index (χ0n) is 21.4. The van der Waals surface area contributed by atoms with Gasteiger partial charge in [-0.3, -0.25) is 19.3 Å². The van der Waals surface area contributed by atoms with Gasteiger partial charge in [-0.05, 0) is 43.5 Å². The van der Waals surface area contributed by atoms with E-state index >= 15 is 0 Å². The molecule has 39 heavy (non-hydrogen) atoms. The molecular formula is C26H28ClN7O5. The molecule has 2 aromatic heterocycles. The lowest BCUT2D eigenvalue weighted by atomic mass is 9.81.